The molecular weight excluding hydrogens is 270 g/mol. The van der Waals surface area contributed by atoms with Gasteiger partial charge in [-0.2, -0.15) is 0 Å². The lowest BCUT2D eigenvalue weighted by Crippen LogP contribution is -2.44. The largest absolute Gasteiger partial charge is 0.368 e. The number of nitrogens with zero attached hydrogens (tertiary/aromatic N) is 3. The maximum Gasteiger partial charge on any atom is 0.277 e. The molecule has 0 saturated carbocycles. The SMILES string of the molecule is CCN1CCN(C(=O)c2csc(C)n2)c2ccccc21. The minimum absolute atomic E-state index is 0.00227. The van der Waals surface area contributed by atoms with Gasteiger partial charge in [0.15, 0.2) is 0 Å². The minimum Gasteiger partial charge on any atom is -0.368 e. The minimum atomic E-state index is -0.00227. The molecule has 0 aliphatic carbocycles. The van der Waals surface area contributed by atoms with Crippen molar-refractivity contribution in [1.82, 2.24) is 4.98 Å². The number of hydrogen-bond acceptors (Lipinski definition) is 4. The van der Waals surface area contributed by atoms with Gasteiger partial charge >= 0.3 is 0 Å². The molecule has 0 saturated heterocycles. The molecule has 4 nitrogen and oxygen atoms in total. The molecule has 1 aliphatic rings. The summed E-state index contributed by atoms with van der Waals surface area (Å²) < 4.78 is 0. The summed E-state index contributed by atoms with van der Waals surface area (Å²) in [7, 11) is 0. The summed E-state index contributed by atoms with van der Waals surface area (Å²) in [5, 5.41) is 2.76. The predicted molar refractivity (Wildman–Crippen MR) is 82.9 cm³/mol. The van der Waals surface area contributed by atoms with Gasteiger partial charge in [0, 0.05) is 25.0 Å². The Morgan fingerprint density at radius 3 is 2.70 bits per heavy atom. The van der Waals surface area contributed by atoms with Crippen LogP contribution in [0.15, 0.2) is 29.6 Å². The molecule has 104 valence electrons. The Kier molecular flexibility index (Phi) is 3.44. The van der Waals surface area contributed by atoms with Crippen LogP contribution in [0.3, 0.4) is 0 Å². The molecule has 1 aromatic carbocycles. The lowest BCUT2D eigenvalue weighted by molar-refractivity contribution is 0.0982. The van der Waals surface area contributed by atoms with E-state index in [0.29, 0.717) is 12.2 Å². The maximum absolute atomic E-state index is 12.6. The maximum atomic E-state index is 12.6. The van der Waals surface area contributed by atoms with Crippen molar-refractivity contribution in [2.45, 2.75) is 13.8 Å². The van der Waals surface area contributed by atoms with Gasteiger partial charge in [0.1, 0.15) is 5.69 Å². The number of likely N-dealkylation sites (N-methyl/N-ethyl adjacent to an activating group) is 1. The first-order chi connectivity index (χ1) is 9.70. The average Bonchev–Trinajstić information content (AvgIpc) is 2.92. The zero-order chi connectivity index (χ0) is 14.1. The van der Waals surface area contributed by atoms with Crippen LogP contribution in [0.5, 0.6) is 0 Å². The molecule has 2 heterocycles. The Bertz CT molecular complexity index is 638. The van der Waals surface area contributed by atoms with E-state index in [1.807, 2.05) is 35.4 Å². The van der Waals surface area contributed by atoms with Gasteiger partial charge in [0.25, 0.3) is 5.91 Å². The quantitative estimate of drug-likeness (QED) is 0.852. The van der Waals surface area contributed by atoms with E-state index in [-0.39, 0.29) is 5.91 Å². The highest BCUT2D eigenvalue weighted by molar-refractivity contribution is 7.09. The Labute approximate surface area is 122 Å². The van der Waals surface area contributed by atoms with Crippen molar-refractivity contribution in [1.29, 1.82) is 0 Å². The number of carbonyl (C=O) groups is 1. The number of anilines is 2. The summed E-state index contributed by atoms with van der Waals surface area (Å²) in [5.41, 5.74) is 2.66. The molecular formula is C15H17N3OS. The summed E-state index contributed by atoms with van der Waals surface area (Å²) in [6.45, 7) is 6.58. The second kappa shape index (κ2) is 5.25. The Balaban J connectivity index is 1.97. The fourth-order valence-electron chi connectivity index (χ4n) is 2.56. The number of rotatable bonds is 2. The third kappa shape index (κ3) is 2.18. The summed E-state index contributed by atoms with van der Waals surface area (Å²) in [6, 6.07) is 8.08. The van der Waals surface area contributed by atoms with Gasteiger partial charge in [-0.25, -0.2) is 4.98 Å². The molecule has 0 radical (unpaired) electrons. The van der Waals surface area contributed by atoms with Crippen molar-refractivity contribution in [2.75, 3.05) is 29.4 Å². The Morgan fingerprint density at radius 2 is 2.05 bits per heavy atom. The average molecular weight is 287 g/mol. The number of fused-ring (bicyclic) bond motifs is 1. The van der Waals surface area contributed by atoms with Crippen LogP contribution in [0.25, 0.3) is 0 Å². The fraction of sp³-hybridized carbons (Fsp3) is 0.333. The molecule has 2 aromatic rings. The van der Waals surface area contributed by atoms with E-state index in [0.717, 1.165) is 29.5 Å². The van der Waals surface area contributed by atoms with E-state index in [1.165, 1.54) is 11.3 Å². The van der Waals surface area contributed by atoms with Gasteiger partial charge in [-0.1, -0.05) is 12.1 Å². The first-order valence-electron chi connectivity index (χ1n) is 6.78. The van der Waals surface area contributed by atoms with E-state index in [4.69, 9.17) is 0 Å². The van der Waals surface area contributed by atoms with Crippen molar-refractivity contribution in [3.63, 3.8) is 0 Å². The van der Waals surface area contributed by atoms with Crippen molar-refractivity contribution in [2.24, 2.45) is 0 Å². The third-order valence-corrected chi connectivity index (χ3v) is 4.35. The number of benzene rings is 1. The van der Waals surface area contributed by atoms with E-state index in [2.05, 4.69) is 22.9 Å². The van der Waals surface area contributed by atoms with Gasteiger partial charge in [-0.05, 0) is 26.0 Å². The number of thiazole rings is 1. The van der Waals surface area contributed by atoms with Crippen molar-refractivity contribution >= 4 is 28.6 Å². The summed E-state index contributed by atoms with van der Waals surface area (Å²) in [4.78, 5) is 21.1. The highest BCUT2D eigenvalue weighted by Gasteiger charge is 2.27. The highest BCUT2D eigenvalue weighted by atomic mass is 32.1. The van der Waals surface area contributed by atoms with Crippen molar-refractivity contribution in [3.05, 3.63) is 40.3 Å². The second-order valence-electron chi connectivity index (χ2n) is 4.78. The van der Waals surface area contributed by atoms with E-state index < -0.39 is 0 Å². The molecule has 1 aliphatic heterocycles. The summed E-state index contributed by atoms with van der Waals surface area (Å²) in [5.74, 6) is -0.00227. The van der Waals surface area contributed by atoms with Gasteiger partial charge in [-0.15, -0.1) is 11.3 Å². The summed E-state index contributed by atoms with van der Waals surface area (Å²) >= 11 is 1.51. The predicted octanol–water partition coefficient (Wildman–Crippen LogP) is 2.94. The van der Waals surface area contributed by atoms with Crippen LogP contribution in [0.1, 0.15) is 22.4 Å². The normalized spacial score (nSPS) is 14.3. The van der Waals surface area contributed by atoms with Crippen LogP contribution in [-0.4, -0.2) is 30.5 Å². The molecule has 0 fully saturated rings. The van der Waals surface area contributed by atoms with Crippen LogP contribution in [0.4, 0.5) is 11.4 Å². The van der Waals surface area contributed by atoms with Crippen LogP contribution in [0, 0.1) is 6.92 Å². The third-order valence-electron chi connectivity index (χ3n) is 3.57. The number of para-hydroxylation sites is 2. The molecule has 1 aromatic heterocycles. The molecule has 0 unspecified atom stereocenters. The van der Waals surface area contributed by atoms with Crippen LogP contribution < -0.4 is 9.80 Å². The number of hydrogen-bond donors (Lipinski definition) is 0. The second-order valence-corrected chi connectivity index (χ2v) is 5.84. The first-order valence-corrected chi connectivity index (χ1v) is 7.66. The molecule has 0 N–H and O–H groups in total. The molecule has 3 rings (SSSR count). The molecule has 1 amide bonds. The number of aryl methyl sites for hydroxylation is 1. The van der Waals surface area contributed by atoms with Crippen LogP contribution >= 0.6 is 11.3 Å². The summed E-state index contributed by atoms with van der Waals surface area (Å²) in [6.07, 6.45) is 0. The zero-order valence-corrected chi connectivity index (χ0v) is 12.5. The Hall–Kier alpha value is -1.88. The van der Waals surface area contributed by atoms with Crippen molar-refractivity contribution in [3.8, 4) is 0 Å². The standard InChI is InChI=1S/C15H17N3OS/c1-3-17-8-9-18(14-7-5-4-6-13(14)17)15(19)12-10-20-11(2)16-12/h4-7,10H,3,8-9H2,1-2H3. The topological polar surface area (TPSA) is 36.4 Å². The molecule has 20 heavy (non-hydrogen) atoms. The zero-order valence-electron chi connectivity index (χ0n) is 11.7. The lowest BCUT2D eigenvalue weighted by atomic mass is 10.1. The molecule has 5 heteroatoms. The number of carbonyl (C=O) groups excluding carboxylic acids is 1. The van der Waals surface area contributed by atoms with E-state index in [9.17, 15) is 4.79 Å². The van der Waals surface area contributed by atoms with Crippen molar-refractivity contribution < 1.29 is 4.79 Å². The van der Waals surface area contributed by atoms with Gasteiger partial charge in [-0.3, -0.25) is 4.79 Å². The van der Waals surface area contributed by atoms with Crippen LogP contribution in [-0.2, 0) is 0 Å². The highest BCUT2D eigenvalue weighted by Crippen LogP contribution is 2.33. The number of amides is 1. The van der Waals surface area contributed by atoms with Gasteiger partial charge in [0.2, 0.25) is 0 Å². The van der Waals surface area contributed by atoms with Gasteiger partial charge in [0.05, 0.1) is 16.4 Å². The fourth-order valence-corrected chi connectivity index (χ4v) is 3.15. The van der Waals surface area contributed by atoms with E-state index >= 15 is 0 Å². The lowest BCUT2D eigenvalue weighted by Gasteiger charge is -2.36. The van der Waals surface area contributed by atoms with Gasteiger partial charge < -0.3 is 9.80 Å². The first kappa shape index (κ1) is 13.1. The molecule has 0 bridgehead atoms. The monoisotopic (exact) mass is 287 g/mol. The molecule has 0 atom stereocenters. The number of aromatic nitrogens is 1. The smallest absolute Gasteiger partial charge is 0.277 e. The Morgan fingerprint density at radius 1 is 1.30 bits per heavy atom. The van der Waals surface area contributed by atoms with E-state index in [1.54, 1.807) is 0 Å². The van der Waals surface area contributed by atoms with Crippen LogP contribution in [0.2, 0.25) is 0 Å². The molecule has 0 spiro atoms.